The summed E-state index contributed by atoms with van der Waals surface area (Å²) in [5, 5.41) is 3.15. The monoisotopic (exact) mass is 244 g/mol. The first-order chi connectivity index (χ1) is 7.02. The van der Waals surface area contributed by atoms with Crippen LogP contribution in [0.15, 0.2) is 29.8 Å². The first-order valence-electron chi connectivity index (χ1n) is 4.18. The van der Waals surface area contributed by atoms with Crippen LogP contribution in [0.1, 0.15) is 10.4 Å². The van der Waals surface area contributed by atoms with Crippen molar-refractivity contribution in [1.82, 2.24) is 5.32 Å². The molecule has 0 unspecified atom stereocenters. The number of anilines is 1. The van der Waals surface area contributed by atoms with Crippen LogP contribution in [0.2, 0.25) is 5.02 Å². The van der Waals surface area contributed by atoms with Crippen LogP contribution in [0.5, 0.6) is 0 Å². The molecule has 1 aromatic carbocycles. The Balaban J connectivity index is 2.82. The van der Waals surface area contributed by atoms with Crippen molar-refractivity contribution < 1.29 is 4.79 Å². The van der Waals surface area contributed by atoms with Gasteiger partial charge in [0.05, 0.1) is 22.8 Å². The topological polar surface area (TPSA) is 55.1 Å². The molecule has 0 atom stereocenters. The molecule has 0 spiro atoms. The second-order valence-corrected chi connectivity index (χ2v) is 3.82. The Kier molecular flexibility index (Phi) is 4.00. The molecule has 80 valence electrons. The van der Waals surface area contributed by atoms with E-state index in [1.807, 2.05) is 0 Å². The van der Waals surface area contributed by atoms with Gasteiger partial charge < -0.3 is 11.1 Å². The molecular formula is C10H10Cl2N2O. The van der Waals surface area contributed by atoms with Gasteiger partial charge in [-0.3, -0.25) is 4.79 Å². The fourth-order valence-corrected chi connectivity index (χ4v) is 1.28. The number of hydrogen-bond acceptors (Lipinski definition) is 2. The molecule has 0 saturated heterocycles. The molecule has 0 aromatic heterocycles. The van der Waals surface area contributed by atoms with Crippen molar-refractivity contribution in [3.05, 3.63) is 40.4 Å². The molecule has 0 aliphatic carbocycles. The summed E-state index contributed by atoms with van der Waals surface area (Å²) in [6.45, 7) is 3.65. The van der Waals surface area contributed by atoms with Gasteiger partial charge >= 0.3 is 0 Å². The molecule has 3 N–H and O–H groups in total. The highest BCUT2D eigenvalue weighted by Crippen LogP contribution is 2.22. The highest BCUT2D eigenvalue weighted by Gasteiger charge is 2.11. The lowest BCUT2D eigenvalue weighted by molar-refractivity contribution is 0.0958. The normalized spacial score (nSPS) is 9.73. The van der Waals surface area contributed by atoms with Crippen LogP contribution in [0.3, 0.4) is 0 Å². The molecule has 1 aromatic rings. The molecule has 0 bridgehead atoms. The van der Waals surface area contributed by atoms with E-state index in [4.69, 9.17) is 28.9 Å². The predicted molar refractivity (Wildman–Crippen MR) is 63.2 cm³/mol. The van der Waals surface area contributed by atoms with Crippen LogP contribution in [-0.2, 0) is 0 Å². The summed E-state index contributed by atoms with van der Waals surface area (Å²) in [5.74, 6) is -0.325. The van der Waals surface area contributed by atoms with E-state index in [0.717, 1.165) is 0 Å². The van der Waals surface area contributed by atoms with E-state index in [-0.39, 0.29) is 17.5 Å². The van der Waals surface area contributed by atoms with E-state index in [1.165, 1.54) is 0 Å². The zero-order valence-electron chi connectivity index (χ0n) is 7.89. The molecule has 0 aliphatic rings. The van der Waals surface area contributed by atoms with E-state index in [0.29, 0.717) is 16.3 Å². The van der Waals surface area contributed by atoms with Gasteiger partial charge in [0.2, 0.25) is 0 Å². The Hall–Kier alpha value is -1.19. The zero-order valence-corrected chi connectivity index (χ0v) is 9.40. The number of nitrogens with one attached hydrogen (secondary N) is 1. The summed E-state index contributed by atoms with van der Waals surface area (Å²) in [6, 6.07) is 4.87. The SMILES string of the molecule is C=C(Cl)CNC(=O)c1cccc(N)c1Cl. The Morgan fingerprint density at radius 2 is 2.20 bits per heavy atom. The van der Waals surface area contributed by atoms with Crippen LogP contribution in [0, 0.1) is 0 Å². The van der Waals surface area contributed by atoms with Gasteiger partial charge in [-0.15, -0.1) is 0 Å². The van der Waals surface area contributed by atoms with E-state index in [9.17, 15) is 4.79 Å². The van der Waals surface area contributed by atoms with Crippen molar-refractivity contribution >= 4 is 34.8 Å². The molecule has 0 fully saturated rings. The molecule has 1 rings (SSSR count). The highest BCUT2D eigenvalue weighted by molar-refractivity contribution is 6.36. The van der Waals surface area contributed by atoms with E-state index >= 15 is 0 Å². The summed E-state index contributed by atoms with van der Waals surface area (Å²) in [5.41, 5.74) is 6.26. The fourth-order valence-electron chi connectivity index (χ4n) is 0.997. The zero-order chi connectivity index (χ0) is 11.4. The van der Waals surface area contributed by atoms with Gasteiger partial charge in [-0.1, -0.05) is 35.8 Å². The van der Waals surface area contributed by atoms with E-state index < -0.39 is 0 Å². The second kappa shape index (κ2) is 5.05. The van der Waals surface area contributed by atoms with Crippen molar-refractivity contribution in [3.8, 4) is 0 Å². The summed E-state index contributed by atoms with van der Waals surface area (Å²) < 4.78 is 0. The van der Waals surface area contributed by atoms with Gasteiger partial charge in [0.1, 0.15) is 0 Å². The molecule has 0 aliphatic heterocycles. The molecular weight excluding hydrogens is 235 g/mol. The van der Waals surface area contributed by atoms with Gasteiger partial charge in [0.25, 0.3) is 5.91 Å². The molecule has 0 radical (unpaired) electrons. The van der Waals surface area contributed by atoms with Crippen LogP contribution < -0.4 is 11.1 Å². The minimum atomic E-state index is -0.325. The Bertz CT molecular complexity index is 404. The van der Waals surface area contributed by atoms with Crippen molar-refractivity contribution in [2.45, 2.75) is 0 Å². The first kappa shape index (κ1) is 11.9. The maximum absolute atomic E-state index is 11.6. The van der Waals surface area contributed by atoms with Crippen LogP contribution >= 0.6 is 23.2 Å². The fraction of sp³-hybridized carbons (Fsp3) is 0.100. The second-order valence-electron chi connectivity index (χ2n) is 2.91. The third-order valence-electron chi connectivity index (χ3n) is 1.71. The Morgan fingerprint density at radius 3 is 2.80 bits per heavy atom. The average Bonchev–Trinajstić information content (AvgIpc) is 2.18. The predicted octanol–water partition coefficient (Wildman–Crippen LogP) is 2.40. The first-order valence-corrected chi connectivity index (χ1v) is 4.93. The Labute approximate surface area is 97.9 Å². The third-order valence-corrected chi connectivity index (χ3v) is 2.27. The lowest BCUT2D eigenvalue weighted by Gasteiger charge is -2.06. The van der Waals surface area contributed by atoms with Crippen molar-refractivity contribution in [1.29, 1.82) is 0 Å². The minimum absolute atomic E-state index is 0.200. The van der Waals surface area contributed by atoms with Crippen LogP contribution in [0.25, 0.3) is 0 Å². The maximum Gasteiger partial charge on any atom is 0.253 e. The van der Waals surface area contributed by atoms with Crippen molar-refractivity contribution in [2.75, 3.05) is 12.3 Å². The molecule has 1 amide bonds. The van der Waals surface area contributed by atoms with E-state index in [1.54, 1.807) is 18.2 Å². The van der Waals surface area contributed by atoms with Crippen molar-refractivity contribution in [2.24, 2.45) is 0 Å². The summed E-state index contributed by atoms with van der Waals surface area (Å²) in [7, 11) is 0. The molecule has 0 saturated carbocycles. The van der Waals surface area contributed by atoms with E-state index in [2.05, 4.69) is 11.9 Å². The number of carbonyl (C=O) groups excluding carboxylic acids is 1. The molecule has 15 heavy (non-hydrogen) atoms. The lowest BCUT2D eigenvalue weighted by Crippen LogP contribution is -2.24. The molecule has 5 heteroatoms. The molecule has 0 heterocycles. The largest absolute Gasteiger partial charge is 0.398 e. The number of halogens is 2. The summed E-state index contributed by atoms with van der Waals surface area (Å²) in [4.78, 5) is 11.6. The lowest BCUT2D eigenvalue weighted by atomic mass is 10.2. The van der Waals surface area contributed by atoms with Crippen LogP contribution in [-0.4, -0.2) is 12.5 Å². The number of carbonyl (C=O) groups is 1. The number of nitrogens with two attached hydrogens (primary N) is 1. The number of nitrogen functional groups attached to an aromatic ring is 1. The Morgan fingerprint density at radius 1 is 1.53 bits per heavy atom. The number of rotatable bonds is 3. The number of hydrogen-bond donors (Lipinski definition) is 2. The smallest absolute Gasteiger partial charge is 0.253 e. The molecule has 3 nitrogen and oxygen atoms in total. The van der Waals surface area contributed by atoms with Gasteiger partial charge in [-0.05, 0) is 12.1 Å². The number of benzene rings is 1. The minimum Gasteiger partial charge on any atom is -0.398 e. The van der Waals surface area contributed by atoms with Gasteiger partial charge in [0, 0.05) is 5.03 Å². The van der Waals surface area contributed by atoms with Gasteiger partial charge in [0.15, 0.2) is 0 Å². The maximum atomic E-state index is 11.6. The average molecular weight is 245 g/mol. The van der Waals surface area contributed by atoms with Crippen LogP contribution in [0.4, 0.5) is 5.69 Å². The summed E-state index contributed by atoms with van der Waals surface area (Å²) >= 11 is 11.4. The highest BCUT2D eigenvalue weighted by atomic mass is 35.5. The summed E-state index contributed by atoms with van der Waals surface area (Å²) in [6.07, 6.45) is 0. The third kappa shape index (κ3) is 3.15. The standard InChI is InChI=1S/C10H10Cl2N2O/c1-6(11)5-14-10(15)7-3-2-4-8(13)9(7)12/h2-4H,1,5,13H2,(H,14,15). The number of amides is 1. The van der Waals surface area contributed by atoms with Crippen molar-refractivity contribution in [3.63, 3.8) is 0 Å². The quantitative estimate of drug-likeness (QED) is 0.803. The van der Waals surface area contributed by atoms with Gasteiger partial charge in [-0.25, -0.2) is 0 Å². The van der Waals surface area contributed by atoms with Gasteiger partial charge in [-0.2, -0.15) is 0 Å².